The standard InChI is InChI=1S/C30H35N5O4/c1-38-23-10-11-25(27(21-23)39-2)29(36)32-22-12-15-33(16-13-22)26-8-4-3-7-24(26)30(37)35-19-17-34(18-20-35)28-9-5-6-14-31-28/h3-11,14,21-22H,12-13,15-20H2,1-2H3,(H,32,36). The Morgan fingerprint density at radius 1 is 0.821 bits per heavy atom. The van der Waals surface area contributed by atoms with E-state index in [1.54, 1.807) is 38.6 Å². The average Bonchev–Trinajstić information content (AvgIpc) is 3.01. The lowest BCUT2D eigenvalue weighted by molar-refractivity contribution is 0.0747. The van der Waals surface area contributed by atoms with Crippen molar-refractivity contribution in [3.63, 3.8) is 0 Å². The second-order valence-electron chi connectivity index (χ2n) is 9.79. The first-order valence-corrected chi connectivity index (χ1v) is 13.4. The molecule has 2 aromatic carbocycles. The molecule has 2 amide bonds. The number of amides is 2. The summed E-state index contributed by atoms with van der Waals surface area (Å²) in [5.74, 6) is 1.98. The van der Waals surface area contributed by atoms with Gasteiger partial charge >= 0.3 is 0 Å². The number of pyridine rings is 1. The fraction of sp³-hybridized carbons (Fsp3) is 0.367. The molecule has 2 aliphatic rings. The van der Waals surface area contributed by atoms with Gasteiger partial charge in [0, 0.05) is 63.3 Å². The molecule has 3 aromatic rings. The number of nitrogens with one attached hydrogen (secondary N) is 1. The van der Waals surface area contributed by atoms with E-state index in [-0.39, 0.29) is 17.9 Å². The van der Waals surface area contributed by atoms with Crippen molar-refractivity contribution in [1.82, 2.24) is 15.2 Å². The second-order valence-corrected chi connectivity index (χ2v) is 9.79. The van der Waals surface area contributed by atoms with Crippen LogP contribution in [0, 0.1) is 0 Å². The number of hydrogen-bond acceptors (Lipinski definition) is 7. The molecular weight excluding hydrogens is 494 g/mol. The number of para-hydroxylation sites is 1. The summed E-state index contributed by atoms with van der Waals surface area (Å²) in [4.78, 5) is 37.4. The summed E-state index contributed by atoms with van der Waals surface area (Å²) in [5.41, 5.74) is 2.17. The van der Waals surface area contributed by atoms with Gasteiger partial charge in [-0.2, -0.15) is 0 Å². The first-order chi connectivity index (χ1) is 19.1. The number of anilines is 2. The second kappa shape index (κ2) is 12.1. The molecule has 0 unspecified atom stereocenters. The Bertz CT molecular complexity index is 1290. The molecule has 39 heavy (non-hydrogen) atoms. The first kappa shape index (κ1) is 26.3. The van der Waals surface area contributed by atoms with Gasteiger partial charge < -0.3 is 29.5 Å². The maximum atomic E-state index is 13.6. The number of piperazine rings is 1. The number of rotatable bonds is 7. The van der Waals surface area contributed by atoms with Crippen molar-refractivity contribution in [2.75, 3.05) is 63.3 Å². The van der Waals surface area contributed by atoms with E-state index in [0.717, 1.165) is 56.1 Å². The van der Waals surface area contributed by atoms with E-state index in [9.17, 15) is 9.59 Å². The van der Waals surface area contributed by atoms with Crippen LogP contribution in [0.4, 0.5) is 11.5 Å². The normalized spacial score (nSPS) is 16.1. The zero-order valence-electron chi connectivity index (χ0n) is 22.5. The van der Waals surface area contributed by atoms with E-state index >= 15 is 0 Å². The highest BCUT2D eigenvalue weighted by Crippen LogP contribution is 2.28. The molecule has 0 spiro atoms. The maximum Gasteiger partial charge on any atom is 0.256 e. The van der Waals surface area contributed by atoms with Crippen LogP contribution in [0.5, 0.6) is 11.5 Å². The maximum absolute atomic E-state index is 13.6. The SMILES string of the molecule is COc1ccc(C(=O)NC2CCN(c3ccccc3C(=O)N3CCN(c4ccccn4)CC3)CC2)c(OC)c1. The molecule has 5 rings (SSSR count). The summed E-state index contributed by atoms with van der Waals surface area (Å²) >= 11 is 0. The van der Waals surface area contributed by atoms with Crippen LogP contribution in [0.1, 0.15) is 33.6 Å². The molecule has 9 heteroatoms. The molecule has 0 aliphatic carbocycles. The number of nitrogens with zero attached hydrogens (tertiary/aromatic N) is 4. The molecule has 0 bridgehead atoms. The van der Waals surface area contributed by atoms with Crippen LogP contribution in [0.2, 0.25) is 0 Å². The van der Waals surface area contributed by atoms with Crippen LogP contribution in [0.3, 0.4) is 0 Å². The van der Waals surface area contributed by atoms with Gasteiger partial charge in [0.05, 0.1) is 25.3 Å². The molecule has 3 heterocycles. The minimum Gasteiger partial charge on any atom is -0.497 e. The van der Waals surface area contributed by atoms with Crippen LogP contribution < -0.4 is 24.6 Å². The van der Waals surface area contributed by atoms with Crippen molar-refractivity contribution in [3.05, 3.63) is 78.0 Å². The lowest BCUT2D eigenvalue weighted by atomic mass is 10.0. The molecule has 9 nitrogen and oxygen atoms in total. The summed E-state index contributed by atoms with van der Waals surface area (Å²) in [6.45, 7) is 4.34. The largest absolute Gasteiger partial charge is 0.497 e. The van der Waals surface area contributed by atoms with E-state index < -0.39 is 0 Å². The van der Waals surface area contributed by atoms with Gasteiger partial charge in [-0.15, -0.1) is 0 Å². The van der Waals surface area contributed by atoms with Gasteiger partial charge in [-0.1, -0.05) is 18.2 Å². The van der Waals surface area contributed by atoms with Gasteiger partial charge in [0.15, 0.2) is 0 Å². The first-order valence-electron chi connectivity index (χ1n) is 13.4. The number of aromatic nitrogens is 1. The van der Waals surface area contributed by atoms with Crippen molar-refractivity contribution in [1.29, 1.82) is 0 Å². The van der Waals surface area contributed by atoms with Gasteiger partial charge in [-0.3, -0.25) is 9.59 Å². The van der Waals surface area contributed by atoms with Crippen LogP contribution in [-0.2, 0) is 0 Å². The number of hydrogen-bond donors (Lipinski definition) is 1. The number of piperidine rings is 1. The van der Waals surface area contributed by atoms with Crippen LogP contribution in [0.15, 0.2) is 66.9 Å². The lowest BCUT2D eigenvalue weighted by Gasteiger charge is -2.37. The van der Waals surface area contributed by atoms with Crippen LogP contribution in [-0.4, -0.2) is 81.2 Å². The highest BCUT2D eigenvalue weighted by molar-refractivity contribution is 6.00. The summed E-state index contributed by atoms with van der Waals surface area (Å²) < 4.78 is 10.6. The zero-order valence-corrected chi connectivity index (χ0v) is 22.5. The quantitative estimate of drug-likeness (QED) is 0.502. The molecule has 0 atom stereocenters. The number of carbonyl (C=O) groups is 2. The minimum absolute atomic E-state index is 0.0445. The van der Waals surface area contributed by atoms with Crippen molar-refractivity contribution in [3.8, 4) is 11.5 Å². The Labute approximate surface area is 229 Å². The Kier molecular flexibility index (Phi) is 8.15. The Morgan fingerprint density at radius 3 is 2.26 bits per heavy atom. The minimum atomic E-state index is -0.159. The van der Waals surface area contributed by atoms with Crippen molar-refractivity contribution >= 4 is 23.3 Å². The van der Waals surface area contributed by atoms with Crippen molar-refractivity contribution in [2.45, 2.75) is 18.9 Å². The molecule has 1 aromatic heterocycles. The van der Waals surface area contributed by atoms with Crippen molar-refractivity contribution < 1.29 is 19.1 Å². The molecule has 2 fully saturated rings. The number of carbonyl (C=O) groups excluding carboxylic acids is 2. The summed E-state index contributed by atoms with van der Waals surface area (Å²) in [6, 6.07) is 19.0. The summed E-state index contributed by atoms with van der Waals surface area (Å²) in [6.07, 6.45) is 3.37. The summed E-state index contributed by atoms with van der Waals surface area (Å²) in [7, 11) is 3.13. The number of methoxy groups -OCH3 is 2. The van der Waals surface area contributed by atoms with E-state index in [1.807, 2.05) is 47.4 Å². The van der Waals surface area contributed by atoms with Crippen LogP contribution in [0.25, 0.3) is 0 Å². The topological polar surface area (TPSA) is 87.2 Å². The van der Waals surface area contributed by atoms with Crippen LogP contribution >= 0.6 is 0 Å². The fourth-order valence-electron chi connectivity index (χ4n) is 5.29. The molecular formula is C30H35N5O4. The highest BCUT2D eigenvalue weighted by Gasteiger charge is 2.28. The molecule has 2 saturated heterocycles. The predicted molar refractivity (Wildman–Crippen MR) is 151 cm³/mol. The molecule has 1 N–H and O–H groups in total. The van der Waals surface area contributed by atoms with Gasteiger partial charge in [-0.25, -0.2) is 4.98 Å². The van der Waals surface area contributed by atoms with E-state index in [2.05, 4.69) is 20.1 Å². The Hall–Kier alpha value is -4.27. The van der Waals surface area contributed by atoms with E-state index in [1.165, 1.54) is 0 Å². The molecule has 0 saturated carbocycles. The predicted octanol–water partition coefficient (Wildman–Crippen LogP) is 3.46. The molecule has 0 radical (unpaired) electrons. The van der Waals surface area contributed by atoms with Gasteiger partial charge in [0.2, 0.25) is 0 Å². The fourth-order valence-corrected chi connectivity index (χ4v) is 5.29. The van der Waals surface area contributed by atoms with E-state index in [4.69, 9.17) is 9.47 Å². The molecule has 2 aliphatic heterocycles. The average molecular weight is 530 g/mol. The summed E-state index contributed by atoms with van der Waals surface area (Å²) in [5, 5.41) is 3.15. The van der Waals surface area contributed by atoms with E-state index in [0.29, 0.717) is 30.2 Å². The Morgan fingerprint density at radius 2 is 1.56 bits per heavy atom. The molecule has 204 valence electrons. The van der Waals surface area contributed by atoms with Gasteiger partial charge in [0.25, 0.3) is 11.8 Å². The lowest BCUT2D eigenvalue weighted by Crippen LogP contribution is -2.49. The number of benzene rings is 2. The highest BCUT2D eigenvalue weighted by atomic mass is 16.5. The third-order valence-corrected chi connectivity index (χ3v) is 7.50. The van der Waals surface area contributed by atoms with Gasteiger partial charge in [-0.05, 0) is 49.2 Å². The smallest absolute Gasteiger partial charge is 0.256 e. The third kappa shape index (κ3) is 5.92. The number of ether oxygens (including phenoxy) is 2. The zero-order chi connectivity index (χ0) is 27.2. The Balaban J connectivity index is 1.19. The van der Waals surface area contributed by atoms with Gasteiger partial charge in [0.1, 0.15) is 17.3 Å². The van der Waals surface area contributed by atoms with Crippen molar-refractivity contribution in [2.24, 2.45) is 0 Å². The monoisotopic (exact) mass is 529 g/mol. The third-order valence-electron chi connectivity index (χ3n) is 7.50.